The highest BCUT2D eigenvalue weighted by Gasteiger charge is 2.28. The molecule has 0 spiro atoms. The minimum atomic E-state index is -1.12. The molecule has 1 heterocycles. The van der Waals surface area contributed by atoms with E-state index >= 15 is 0 Å². The van der Waals surface area contributed by atoms with Gasteiger partial charge in [0.2, 0.25) is 11.8 Å². The highest BCUT2D eigenvalue weighted by molar-refractivity contribution is 5.91. The number of alkyl carbamates (subject to hydrolysis) is 1. The molecule has 0 aromatic carbocycles. The number of amides is 3. The van der Waals surface area contributed by atoms with Crippen molar-refractivity contribution in [3.05, 3.63) is 18.2 Å². The van der Waals surface area contributed by atoms with Crippen LogP contribution in [0.3, 0.4) is 0 Å². The normalized spacial score (nSPS) is 12.6. The van der Waals surface area contributed by atoms with Crippen LogP contribution < -0.4 is 16.0 Å². The first-order valence-corrected chi connectivity index (χ1v) is 10.6. The van der Waals surface area contributed by atoms with Crippen LogP contribution in [0.15, 0.2) is 12.5 Å². The highest BCUT2D eigenvalue weighted by Crippen LogP contribution is 2.07. The Kier molecular flexibility index (Phi) is 11.5. The van der Waals surface area contributed by atoms with Gasteiger partial charge in [0, 0.05) is 37.7 Å². The predicted octanol–water partition coefficient (Wildman–Crippen LogP) is -0.0372. The second-order valence-corrected chi connectivity index (χ2v) is 8.28. The van der Waals surface area contributed by atoms with Crippen LogP contribution in [-0.2, 0) is 39.8 Å². The van der Waals surface area contributed by atoms with Crippen LogP contribution in [0.2, 0.25) is 0 Å². The molecule has 3 amide bonds. The Morgan fingerprint density at radius 2 is 1.74 bits per heavy atom. The summed E-state index contributed by atoms with van der Waals surface area (Å²) in [5.41, 5.74) is -0.111. The first kappa shape index (κ1) is 28.4. The van der Waals surface area contributed by atoms with E-state index in [1.54, 1.807) is 20.8 Å². The van der Waals surface area contributed by atoms with Gasteiger partial charge in [-0.3, -0.25) is 14.4 Å². The van der Waals surface area contributed by atoms with Gasteiger partial charge in [0.1, 0.15) is 17.7 Å². The van der Waals surface area contributed by atoms with Gasteiger partial charge in [-0.15, -0.1) is 0 Å². The number of hydrogen-bond donors (Lipinski definition) is 4. The Bertz CT molecular complexity index is 835. The molecule has 2 atom stereocenters. The Morgan fingerprint density at radius 3 is 2.29 bits per heavy atom. The van der Waals surface area contributed by atoms with Crippen molar-refractivity contribution in [2.45, 2.75) is 64.1 Å². The number of carbonyl (C=O) groups excluding carboxylic acids is 5. The third-order valence-corrected chi connectivity index (χ3v) is 4.32. The van der Waals surface area contributed by atoms with Gasteiger partial charge in [-0.25, -0.2) is 14.6 Å². The molecule has 0 bridgehead atoms. The average Bonchev–Trinajstić information content (AvgIpc) is 3.27. The van der Waals surface area contributed by atoms with E-state index < -0.39 is 47.5 Å². The summed E-state index contributed by atoms with van der Waals surface area (Å²) in [7, 11) is 2.36. The van der Waals surface area contributed by atoms with Crippen LogP contribution in [-0.4, -0.2) is 78.3 Å². The molecule has 190 valence electrons. The molecule has 0 saturated carbocycles. The number of H-pyrrole nitrogens is 1. The van der Waals surface area contributed by atoms with Crippen molar-refractivity contribution in [1.82, 2.24) is 25.9 Å². The Balaban J connectivity index is 2.77. The van der Waals surface area contributed by atoms with Crippen LogP contribution in [0.1, 0.15) is 45.7 Å². The number of nitrogens with zero attached hydrogens (tertiary/aromatic N) is 1. The Morgan fingerprint density at radius 1 is 1.03 bits per heavy atom. The van der Waals surface area contributed by atoms with Crippen molar-refractivity contribution in [3.8, 4) is 0 Å². The molecule has 0 saturated heterocycles. The molecule has 0 aliphatic carbocycles. The predicted molar refractivity (Wildman–Crippen MR) is 118 cm³/mol. The van der Waals surface area contributed by atoms with Crippen LogP contribution in [0, 0.1) is 0 Å². The van der Waals surface area contributed by atoms with E-state index in [0.717, 1.165) is 7.11 Å². The van der Waals surface area contributed by atoms with E-state index in [9.17, 15) is 24.0 Å². The minimum Gasteiger partial charge on any atom is -0.469 e. The summed E-state index contributed by atoms with van der Waals surface area (Å²) in [6.45, 7) is 5.13. The lowest BCUT2D eigenvalue weighted by Crippen LogP contribution is -2.53. The fourth-order valence-electron chi connectivity index (χ4n) is 2.71. The molecule has 0 unspecified atom stereocenters. The molecule has 13 nitrogen and oxygen atoms in total. The summed E-state index contributed by atoms with van der Waals surface area (Å²) in [6.07, 6.45) is 2.02. The lowest BCUT2D eigenvalue weighted by atomic mass is 10.1. The molecule has 0 aliphatic heterocycles. The van der Waals surface area contributed by atoms with E-state index in [1.165, 1.54) is 19.6 Å². The lowest BCUT2D eigenvalue weighted by molar-refractivity contribution is -0.146. The summed E-state index contributed by atoms with van der Waals surface area (Å²) < 4.78 is 14.4. The monoisotopic (exact) mass is 483 g/mol. The van der Waals surface area contributed by atoms with Gasteiger partial charge in [0.05, 0.1) is 20.5 Å². The number of ether oxygens (including phenoxy) is 3. The quantitative estimate of drug-likeness (QED) is 0.235. The van der Waals surface area contributed by atoms with Gasteiger partial charge >= 0.3 is 18.0 Å². The summed E-state index contributed by atoms with van der Waals surface area (Å²) in [4.78, 5) is 67.3. The van der Waals surface area contributed by atoms with Crippen molar-refractivity contribution >= 4 is 29.8 Å². The fourth-order valence-corrected chi connectivity index (χ4v) is 2.71. The number of imidazole rings is 1. The van der Waals surface area contributed by atoms with Gasteiger partial charge in [-0.05, 0) is 27.2 Å². The van der Waals surface area contributed by atoms with E-state index in [0.29, 0.717) is 5.69 Å². The van der Waals surface area contributed by atoms with Crippen molar-refractivity contribution in [2.75, 3.05) is 20.8 Å². The summed E-state index contributed by atoms with van der Waals surface area (Å²) >= 11 is 0. The number of carbonyl (C=O) groups is 5. The zero-order chi connectivity index (χ0) is 25.7. The van der Waals surface area contributed by atoms with E-state index in [1.807, 2.05) is 0 Å². The van der Waals surface area contributed by atoms with Crippen molar-refractivity contribution in [3.63, 3.8) is 0 Å². The van der Waals surface area contributed by atoms with Crippen LogP contribution >= 0.6 is 0 Å². The van der Waals surface area contributed by atoms with Crippen molar-refractivity contribution in [2.24, 2.45) is 0 Å². The summed E-state index contributed by atoms with van der Waals surface area (Å²) in [5.74, 6) is -2.48. The zero-order valence-electron chi connectivity index (χ0n) is 20.1. The standard InChI is InChI=1S/C21H33N5O8/c1-21(2,3)34-20(31)23-9-8-16(27)25-15(10-13-11-22-12-24-13)18(29)26-14(19(30)33-5)6-7-17(28)32-4/h11-12,14-15H,6-10H2,1-5H3,(H,22,24)(H,23,31)(H,25,27)(H,26,29)/t14-,15-/m0/s1. The fraction of sp³-hybridized carbons (Fsp3) is 0.619. The molecule has 4 N–H and O–H groups in total. The number of nitrogens with one attached hydrogen (secondary N) is 4. The molecule has 34 heavy (non-hydrogen) atoms. The maximum atomic E-state index is 12.9. The van der Waals surface area contributed by atoms with Gasteiger partial charge in [-0.1, -0.05) is 0 Å². The molecule has 1 aromatic heterocycles. The van der Waals surface area contributed by atoms with E-state index in [-0.39, 0.29) is 32.2 Å². The van der Waals surface area contributed by atoms with E-state index in [4.69, 9.17) is 9.47 Å². The third-order valence-electron chi connectivity index (χ3n) is 4.32. The molecule has 1 aromatic rings. The maximum Gasteiger partial charge on any atom is 0.407 e. The maximum absolute atomic E-state index is 12.9. The molecule has 0 radical (unpaired) electrons. The number of methoxy groups -OCH3 is 2. The Labute approximate surface area is 197 Å². The molecule has 1 rings (SSSR count). The second kappa shape index (κ2) is 13.8. The van der Waals surface area contributed by atoms with Gasteiger partial charge in [0.25, 0.3) is 0 Å². The zero-order valence-corrected chi connectivity index (χ0v) is 20.1. The van der Waals surface area contributed by atoms with E-state index in [2.05, 4.69) is 30.7 Å². The van der Waals surface area contributed by atoms with Crippen molar-refractivity contribution < 1.29 is 38.2 Å². The lowest BCUT2D eigenvalue weighted by Gasteiger charge is -2.22. The van der Waals surface area contributed by atoms with Crippen molar-refractivity contribution in [1.29, 1.82) is 0 Å². The molecular weight excluding hydrogens is 450 g/mol. The molecule has 0 fully saturated rings. The molecular formula is C21H33N5O8. The number of esters is 2. The molecule has 0 aliphatic rings. The average molecular weight is 484 g/mol. The largest absolute Gasteiger partial charge is 0.469 e. The van der Waals surface area contributed by atoms with Crippen LogP contribution in [0.5, 0.6) is 0 Å². The first-order chi connectivity index (χ1) is 15.9. The second-order valence-electron chi connectivity index (χ2n) is 8.28. The number of aromatic amines is 1. The van der Waals surface area contributed by atoms with Gasteiger partial charge in [-0.2, -0.15) is 0 Å². The summed E-state index contributed by atoms with van der Waals surface area (Å²) in [5, 5.41) is 7.55. The minimum absolute atomic E-state index is 0.0109. The third kappa shape index (κ3) is 11.3. The topological polar surface area (TPSA) is 178 Å². The number of hydrogen-bond acceptors (Lipinski definition) is 9. The molecule has 13 heteroatoms. The number of rotatable bonds is 12. The van der Waals surface area contributed by atoms with Gasteiger partial charge in [0.15, 0.2) is 0 Å². The van der Waals surface area contributed by atoms with Gasteiger partial charge < -0.3 is 35.1 Å². The Hall–Kier alpha value is -3.64. The highest BCUT2D eigenvalue weighted by atomic mass is 16.6. The van der Waals surface area contributed by atoms with Crippen LogP contribution in [0.4, 0.5) is 4.79 Å². The number of aromatic nitrogens is 2. The smallest absolute Gasteiger partial charge is 0.407 e. The van der Waals surface area contributed by atoms with Crippen LogP contribution in [0.25, 0.3) is 0 Å². The SMILES string of the molecule is COC(=O)CC[C@H](NC(=O)[C@H](Cc1cnc[nH]1)NC(=O)CCNC(=O)OC(C)(C)C)C(=O)OC. The summed E-state index contributed by atoms with van der Waals surface area (Å²) in [6, 6.07) is -2.19. The first-order valence-electron chi connectivity index (χ1n) is 10.6.